The molecule has 0 atom stereocenters. The standard InChI is InChI=1S/C16H20N2OS/c1-9(2)14-11(4)17-15(18-16(14)20)12-6-7-13(19-5)10(3)8-12/h6-9H,1-5H3,(H,17,18,20). The molecule has 0 spiro atoms. The number of benzene rings is 1. The van der Waals surface area contributed by atoms with E-state index in [9.17, 15) is 0 Å². The van der Waals surface area contributed by atoms with Gasteiger partial charge in [0.1, 0.15) is 16.2 Å². The summed E-state index contributed by atoms with van der Waals surface area (Å²) in [5.74, 6) is 2.06. The maximum atomic E-state index is 5.43. The van der Waals surface area contributed by atoms with E-state index in [2.05, 4.69) is 29.9 Å². The molecule has 0 amide bonds. The molecule has 1 N–H and O–H groups in total. The van der Waals surface area contributed by atoms with E-state index in [1.165, 1.54) is 0 Å². The van der Waals surface area contributed by atoms with Crippen LogP contribution in [0.15, 0.2) is 18.2 Å². The van der Waals surface area contributed by atoms with Crippen molar-refractivity contribution in [2.45, 2.75) is 33.6 Å². The van der Waals surface area contributed by atoms with Crippen LogP contribution < -0.4 is 4.74 Å². The van der Waals surface area contributed by atoms with Gasteiger partial charge in [-0.2, -0.15) is 0 Å². The van der Waals surface area contributed by atoms with E-state index in [4.69, 9.17) is 17.0 Å². The second-order valence-electron chi connectivity index (χ2n) is 5.27. The Hall–Kier alpha value is -1.68. The van der Waals surface area contributed by atoms with Crippen LogP contribution in [0.5, 0.6) is 5.75 Å². The van der Waals surface area contributed by atoms with Gasteiger partial charge in [-0.05, 0) is 43.5 Å². The smallest absolute Gasteiger partial charge is 0.139 e. The van der Waals surface area contributed by atoms with Gasteiger partial charge in [0.2, 0.25) is 0 Å². The number of rotatable bonds is 3. The number of aryl methyl sites for hydroxylation is 2. The fourth-order valence-electron chi connectivity index (χ4n) is 2.44. The van der Waals surface area contributed by atoms with E-state index < -0.39 is 0 Å². The second kappa shape index (κ2) is 5.75. The Morgan fingerprint density at radius 2 is 1.95 bits per heavy atom. The largest absolute Gasteiger partial charge is 0.496 e. The molecular formula is C16H20N2OS. The van der Waals surface area contributed by atoms with Crippen molar-refractivity contribution in [2.24, 2.45) is 0 Å². The van der Waals surface area contributed by atoms with E-state index in [-0.39, 0.29) is 0 Å². The molecule has 0 saturated carbocycles. The highest BCUT2D eigenvalue weighted by Crippen LogP contribution is 2.26. The molecule has 3 nitrogen and oxygen atoms in total. The number of H-pyrrole nitrogens is 1. The summed E-state index contributed by atoms with van der Waals surface area (Å²) in [4.78, 5) is 7.90. The Morgan fingerprint density at radius 1 is 1.25 bits per heavy atom. The highest BCUT2D eigenvalue weighted by atomic mass is 32.1. The molecule has 0 fully saturated rings. The quantitative estimate of drug-likeness (QED) is 0.842. The minimum Gasteiger partial charge on any atom is -0.496 e. The zero-order valence-electron chi connectivity index (χ0n) is 12.6. The number of ether oxygens (including phenoxy) is 1. The lowest BCUT2D eigenvalue weighted by molar-refractivity contribution is 0.412. The summed E-state index contributed by atoms with van der Waals surface area (Å²) in [6.07, 6.45) is 0. The van der Waals surface area contributed by atoms with Crippen LogP contribution in [0.3, 0.4) is 0 Å². The van der Waals surface area contributed by atoms with Gasteiger partial charge in [-0.1, -0.05) is 26.1 Å². The average Bonchev–Trinajstić information content (AvgIpc) is 2.37. The zero-order chi connectivity index (χ0) is 14.9. The molecule has 2 aromatic rings. The molecule has 0 unspecified atom stereocenters. The fourth-order valence-corrected chi connectivity index (χ4v) is 2.92. The van der Waals surface area contributed by atoms with Crippen molar-refractivity contribution in [3.05, 3.63) is 39.7 Å². The number of aromatic nitrogens is 2. The van der Waals surface area contributed by atoms with Gasteiger partial charge in [-0.25, -0.2) is 4.98 Å². The molecule has 0 radical (unpaired) electrons. The third-order valence-electron chi connectivity index (χ3n) is 3.40. The summed E-state index contributed by atoms with van der Waals surface area (Å²) < 4.78 is 5.96. The molecule has 0 aliphatic rings. The van der Waals surface area contributed by atoms with Crippen LogP contribution in [0.4, 0.5) is 0 Å². The number of aromatic amines is 1. The van der Waals surface area contributed by atoms with Crippen molar-refractivity contribution < 1.29 is 4.74 Å². The van der Waals surface area contributed by atoms with Crippen molar-refractivity contribution in [2.75, 3.05) is 7.11 Å². The van der Waals surface area contributed by atoms with Gasteiger partial charge in [0, 0.05) is 16.8 Å². The zero-order valence-corrected chi connectivity index (χ0v) is 13.4. The first-order valence-corrected chi connectivity index (χ1v) is 7.10. The highest BCUT2D eigenvalue weighted by molar-refractivity contribution is 7.71. The number of nitrogens with zero attached hydrogens (tertiary/aromatic N) is 1. The topological polar surface area (TPSA) is 37.9 Å². The lowest BCUT2D eigenvalue weighted by Crippen LogP contribution is -2.02. The Kier molecular flexibility index (Phi) is 4.23. The maximum Gasteiger partial charge on any atom is 0.139 e. The van der Waals surface area contributed by atoms with Gasteiger partial charge in [0.05, 0.1) is 7.11 Å². The van der Waals surface area contributed by atoms with Crippen LogP contribution in [-0.4, -0.2) is 17.1 Å². The predicted molar refractivity (Wildman–Crippen MR) is 85.0 cm³/mol. The van der Waals surface area contributed by atoms with Crippen LogP contribution in [0.2, 0.25) is 0 Å². The van der Waals surface area contributed by atoms with Gasteiger partial charge >= 0.3 is 0 Å². The highest BCUT2D eigenvalue weighted by Gasteiger charge is 2.11. The Morgan fingerprint density at radius 3 is 2.45 bits per heavy atom. The van der Waals surface area contributed by atoms with Crippen LogP contribution in [0.1, 0.15) is 36.6 Å². The predicted octanol–water partition coefficient (Wildman–Crippen LogP) is 4.56. The maximum absolute atomic E-state index is 5.43. The van der Waals surface area contributed by atoms with Gasteiger partial charge in [-0.3, -0.25) is 0 Å². The molecule has 0 aliphatic carbocycles. The molecule has 0 aliphatic heterocycles. The summed E-state index contributed by atoms with van der Waals surface area (Å²) in [6.45, 7) is 8.33. The second-order valence-corrected chi connectivity index (χ2v) is 5.66. The molecule has 0 saturated heterocycles. The third kappa shape index (κ3) is 2.75. The SMILES string of the molecule is COc1ccc(-c2nc(=S)c(C(C)C)c(C)[nH]2)cc1C. The summed E-state index contributed by atoms with van der Waals surface area (Å²) in [7, 11) is 1.68. The van der Waals surface area contributed by atoms with Crippen molar-refractivity contribution in [3.63, 3.8) is 0 Å². The lowest BCUT2D eigenvalue weighted by Gasteiger charge is -2.12. The van der Waals surface area contributed by atoms with Gasteiger partial charge in [-0.15, -0.1) is 0 Å². The normalized spacial score (nSPS) is 10.9. The first-order valence-electron chi connectivity index (χ1n) is 6.70. The third-order valence-corrected chi connectivity index (χ3v) is 3.71. The number of methoxy groups -OCH3 is 1. The molecule has 106 valence electrons. The van der Waals surface area contributed by atoms with E-state index in [1.807, 2.05) is 26.0 Å². The number of hydrogen-bond acceptors (Lipinski definition) is 3. The summed E-state index contributed by atoms with van der Waals surface area (Å²) in [5.41, 5.74) is 4.31. The number of nitrogens with one attached hydrogen (secondary N) is 1. The lowest BCUT2D eigenvalue weighted by atomic mass is 10.0. The molecule has 2 rings (SSSR count). The number of hydrogen-bond donors (Lipinski definition) is 1. The van der Waals surface area contributed by atoms with Crippen LogP contribution in [0, 0.1) is 18.5 Å². The van der Waals surface area contributed by atoms with Crippen LogP contribution in [-0.2, 0) is 0 Å². The Labute approximate surface area is 125 Å². The fraction of sp³-hybridized carbons (Fsp3) is 0.375. The van der Waals surface area contributed by atoms with Crippen molar-refractivity contribution in [3.8, 4) is 17.1 Å². The van der Waals surface area contributed by atoms with Gasteiger partial charge in [0.15, 0.2) is 0 Å². The molecular weight excluding hydrogens is 268 g/mol. The molecule has 1 heterocycles. The van der Waals surface area contributed by atoms with E-state index in [0.29, 0.717) is 10.6 Å². The van der Waals surface area contributed by atoms with Crippen LogP contribution in [0.25, 0.3) is 11.4 Å². The van der Waals surface area contributed by atoms with E-state index in [1.54, 1.807) is 7.11 Å². The minimum absolute atomic E-state index is 0.373. The minimum atomic E-state index is 0.373. The summed E-state index contributed by atoms with van der Waals surface area (Å²) in [6, 6.07) is 6.00. The molecule has 20 heavy (non-hydrogen) atoms. The molecule has 1 aromatic carbocycles. The van der Waals surface area contributed by atoms with Crippen LogP contribution >= 0.6 is 12.2 Å². The Balaban J connectivity index is 2.54. The monoisotopic (exact) mass is 288 g/mol. The van der Waals surface area contributed by atoms with Gasteiger partial charge < -0.3 is 9.72 Å². The molecule has 0 bridgehead atoms. The van der Waals surface area contributed by atoms with Gasteiger partial charge in [0.25, 0.3) is 0 Å². The first kappa shape index (κ1) is 14.7. The first-order chi connectivity index (χ1) is 9.43. The summed E-state index contributed by atoms with van der Waals surface area (Å²) >= 11 is 5.43. The Bertz CT molecular complexity index is 689. The van der Waals surface area contributed by atoms with E-state index >= 15 is 0 Å². The average molecular weight is 288 g/mol. The van der Waals surface area contributed by atoms with Crippen molar-refractivity contribution in [1.82, 2.24) is 9.97 Å². The molecule has 1 aromatic heterocycles. The van der Waals surface area contributed by atoms with E-state index in [0.717, 1.165) is 34.0 Å². The summed E-state index contributed by atoms with van der Waals surface area (Å²) in [5, 5.41) is 0. The van der Waals surface area contributed by atoms with Crippen molar-refractivity contribution in [1.29, 1.82) is 0 Å². The van der Waals surface area contributed by atoms with Crippen molar-refractivity contribution >= 4 is 12.2 Å². The molecule has 4 heteroatoms.